The predicted octanol–water partition coefficient (Wildman–Crippen LogP) is 10.4. The molecule has 206 valence electrons. The van der Waals surface area contributed by atoms with Gasteiger partial charge in [0.15, 0.2) is 0 Å². The van der Waals surface area contributed by atoms with Crippen molar-refractivity contribution in [2.24, 2.45) is 0 Å². The predicted molar refractivity (Wildman–Crippen MR) is 178 cm³/mol. The summed E-state index contributed by atoms with van der Waals surface area (Å²) < 4.78 is 7.77. The average Bonchev–Trinajstić information content (AvgIpc) is 3.46. The Labute approximate surface area is 253 Å². The molecule has 1 heterocycles. The molecule has 2 atom stereocenters. The van der Waals surface area contributed by atoms with Crippen LogP contribution in [0, 0.1) is 27.7 Å². The summed E-state index contributed by atoms with van der Waals surface area (Å²) >= 11 is -2.57. The summed E-state index contributed by atoms with van der Waals surface area (Å²) in [4.78, 5) is 0. The van der Waals surface area contributed by atoms with E-state index in [4.69, 9.17) is 0 Å². The van der Waals surface area contributed by atoms with Gasteiger partial charge < -0.3 is 0 Å². The molecule has 2 aliphatic carbocycles. The molecular weight excluding hydrogens is 675 g/mol. The van der Waals surface area contributed by atoms with Crippen LogP contribution < -0.4 is 0 Å². The maximum absolute atomic E-state index is 2.76. The molecule has 0 bridgehead atoms. The van der Waals surface area contributed by atoms with Crippen molar-refractivity contribution < 1.29 is 20.0 Å². The molecule has 4 aromatic carbocycles. The van der Waals surface area contributed by atoms with E-state index in [0.29, 0.717) is 5.92 Å². The normalized spacial score (nSPS) is 21.1. The summed E-state index contributed by atoms with van der Waals surface area (Å²) in [5.74, 6) is 0.619. The van der Waals surface area contributed by atoms with Crippen LogP contribution >= 0.6 is 0 Å². The van der Waals surface area contributed by atoms with Gasteiger partial charge in [0.05, 0.1) is 0 Å². The first-order chi connectivity index (χ1) is 19.7. The first-order valence-corrected chi connectivity index (χ1v) is 28.7. The van der Waals surface area contributed by atoms with Crippen LogP contribution in [0.1, 0.15) is 66.9 Å². The molecule has 2 heteroatoms. The SMILES string of the molecule is Cc1cc(C)cc(-c2cccc3c2C=C2[SiH2]C4=Cc5c(-c6cc(C)cc(C)c6)cccc5[CH]4[Hf]([CH3])([CH3])[CH2]CCC23)c1. The van der Waals surface area contributed by atoms with E-state index in [1.807, 2.05) is 5.20 Å². The second-order valence-electron chi connectivity index (χ2n) is 13.9. The van der Waals surface area contributed by atoms with Crippen LogP contribution in [0.4, 0.5) is 0 Å². The molecule has 0 spiro atoms. The molecule has 1 fully saturated rings. The summed E-state index contributed by atoms with van der Waals surface area (Å²) in [5, 5.41) is 3.64. The first-order valence-electron chi connectivity index (χ1n) is 15.5. The third-order valence-electron chi connectivity index (χ3n) is 10.0. The Morgan fingerprint density at radius 3 is 1.73 bits per heavy atom. The monoisotopic (exact) mass is 718 g/mol. The minimum absolute atomic E-state index is 0.554. The fourth-order valence-corrected chi connectivity index (χ4v) is 29.2. The van der Waals surface area contributed by atoms with Gasteiger partial charge in [0, 0.05) is 0 Å². The van der Waals surface area contributed by atoms with Crippen molar-refractivity contribution in [3.8, 4) is 22.3 Å². The standard InChI is InChI=1S/C37H36Si.2CH3.Hf/c1-6-9-34-33-13-8-12-32(29-18-25(4)15-26(5)19-29)36(33)22-37(34)38-30-20-27-10-7-11-31(35(27)21-30)28-16-23(2)14-24(3)17-28;;;/h7-8,10-22,34H,1,6,9,38H2,2-5H3;2*1H3;. The van der Waals surface area contributed by atoms with Crippen molar-refractivity contribution >= 4 is 21.7 Å². The van der Waals surface area contributed by atoms with E-state index in [1.54, 1.807) is 21.9 Å². The zero-order chi connectivity index (χ0) is 28.5. The molecule has 0 saturated carbocycles. The van der Waals surface area contributed by atoms with Crippen LogP contribution in [0.15, 0.2) is 83.2 Å². The van der Waals surface area contributed by atoms with Gasteiger partial charge >= 0.3 is 255 Å². The average molecular weight is 717 g/mol. The second-order valence-corrected chi connectivity index (χ2v) is 34.0. The van der Waals surface area contributed by atoms with E-state index in [-0.39, 0.29) is 0 Å². The van der Waals surface area contributed by atoms with Crippen LogP contribution in [0.3, 0.4) is 0 Å². The number of rotatable bonds is 2. The molecule has 4 aromatic rings. The number of allylic oxidation sites excluding steroid dienone is 2. The molecule has 2 unspecified atom stereocenters. The molecule has 41 heavy (non-hydrogen) atoms. The molecule has 1 saturated heterocycles. The van der Waals surface area contributed by atoms with Gasteiger partial charge in [0.1, 0.15) is 0 Å². The summed E-state index contributed by atoms with van der Waals surface area (Å²) in [6, 6.07) is 28.5. The fraction of sp³-hybridized carbons (Fsp3) is 0.282. The third kappa shape index (κ3) is 4.85. The van der Waals surface area contributed by atoms with E-state index in [1.165, 1.54) is 67.1 Å². The Kier molecular flexibility index (Phi) is 6.87. The van der Waals surface area contributed by atoms with Crippen molar-refractivity contribution in [3.63, 3.8) is 0 Å². The van der Waals surface area contributed by atoms with Crippen molar-refractivity contribution in [2.75, 3.05) is 0 Å². The molecule has 0 nitrogen and oxygen atoms in total. The zero-order valence-electron chi connectivity index (χ0n) is 25.6. The maximum atomic E-state index is 2.76. The molecule has 0 aromatic heterocycles. The fourth-order valence-electron chi connectivity index (χ4n) is 8.49. The van der Waals surface area contributed by atoms with Gasteiger partial charge in [-0.05, 0) is 0 Å². The quantitative estimate of drug-likeness (QED) is 0.181. The summed E-state index contributed by atoms with van der Waals surface area (Å²) in [6.07, 6.45) is 8.09. The molecule has 3 aliphatic rings. The van der Waals surface area contributed by atoms with Crippen LogP contribution in [0.5, 0.6) is 0 Å². The van der Waals surface area contributed by atoms with Crippen LogP contribution in [-0.4, -0.2) is 9.52 Å². The molecule has 0 radical (unpaired) electrons. The Morgan fingerprint density at radius 1 is 0.634 bits per heavy atom. The van der Waals surface area contributed by atoms with Gasteiger partial charge in [-0.25, -0.2) is 0 Å². The Bertz CT molecular complexity index is 1730. The molecule has 0 N–H and O–H groups in total. The van der Waals surface area contributed by atoms with Crippen LogP contribution in [-0.2, 0) is 20.0 Å². The van der Waals surface area contributed by atoms with Crippen molar-refractivity contribution in [1.82, 2.24) is 0 Å². The Balaban J connectivity index is 1.35. The molecule has 7 rings (SSSR count). The van der Waals surface area contributed by atoms with Gasteiger partial charge in [0.25, 0.3) is 0 Å². The van der Waals surface area contributed by atoms with Gasteiger partial charge in [-0.2, -0.15) is 0 Å². The summed E-state index contributed by atoms with van der Waals surface area (Å²) in [5.41, 5.74) is 17.4. The van der Waals surface area contributed by atoms with Crippen molar-refractivity contribution in [2.45, 2.75) is 63.7 Å². The number of fused-ring (bicyclic) bond motifs is 6. The number of aryl methyl sites for hydroxylation is 4. The molecule has 1 aliphatic heterocycles. The van der Waals surface area contributed by atoms with E-state index in [9.17, 15) is 0 Å². The zero-order valence-corrected chi connectivity index (χ0v) is 30.6. The summed E-state index contributed by atoms with van der Waals surface area (Å²) in [6.45, 7) is 8.93. The van der Waals surface area contributed by atoms with E-state index in [2.05, 4.69) is 122 Å². The topological polar surface area (TPSA) is 0 Å². The Morgan fingerprint density at radius 2 is 1.15 bits per heavy atom. The second kappa shape index (κ2) is 10.3. The summed E-state index contributed by atoms with van der Waals surface area (Å²) in [7, 11) is -0.554. The van der Waals surface area contributed by atoms with Gasteiger partial charge in [-0.1, -0.05) is 0 Å². The van der Waals surface area contributed by atoms with E-state index >= 15 is 0 Å². The number of benzene rings is 4. The molecule has 0 amide bonds. The van der Waals surface area contributed by atoms with Crippen LogP contribution in [0.2, 0.25) is 13.5 Å². The van der Waals surface area contributed by atoms with E-state index in [0.717, 1.165) is 3.67 Å². The van der Waals surface area contributed by atoms with E-state index < -0.39 is 29.5 Å². The first kappa shape index (κ1) is 27.3. The van der Waals surface area contributed by atoms with Gasteiger partial charge in [0.2, 0.25) is 0 Å². The number of hydrogen-bond donors (Lipinski definition) is 0. The van der Waals surface area contributed by atoms with Crippen molar-refractivity contribution in [3.05, 3.63) is 128 Å². The van der Waals surface area contributed by atoms with Gasteiger partial charge in [-0.3, -0.25) is 0 Å². The number of hydrogen-bond acceptors (Lipinski definition) is 0. The molecular formula is C39H42HfSi. The van der Waals surface area contributed by atoms with Crippen LogP contribution in [0.25, 0.3) is 34.4 Å². The third-order valence-corrected chi connectivity index (χ3v) is 27.6. The Hall–Kier alpha value is -2.55. The van der Waals surface area contributed by atoms with Crippen molar-refractivity contribution in [1.29, 1.82) is 0 Å². The minimum atomic E-state index is -2.57. The van der Waals surface area contributed by atoms with Gasteiger partial charge in [-0.15, -0.1) is 0 Å².